The van der Waals surface area contributed by atoms with Crippen LogP contribution in [0.1, 0.15) is 32.4 Å². The van der Waals surface area contributed by atoms with Gasteiger partial charge in [0, 0.05) is 5.56 Å². The van der Waals surface area contributed by atoms with Crippen LogP contribution in [0.25, 0.3) is 0 Å². The van der Waals surface area contributed by atoms with E-state index in [2.05, 4.69) is 5.32 Å². The minimum absolute atomic E-state index is 0.0582. The average Bonchev–Trinajstić information content (AvgIpc) is 2.28. The Labute approximate surface area is 101 Å². The lowest BCUT2D eigenvalue weighted by Crippen LogP contribution is -2.44. The number of nitrogens with one attached hydrogen (secondary N) is 1. The van der Waals surface area contributed by atoms with Crippen molar-refractivity contribution in [2.75, 3.05) is 0 Å². The van der Waals surface area contributed by atoms with E-state index in [1.807, 2.05) is 13.8 Å². The van der Waals surface area contributed by atoms with Gasteiger partial charge in [-0.15, -0.1) is 0 Å². The molecule has 0 radical (unpaired) electrons. The van der Waals surface area contributed by atoms with Crippen LogP contribution in [0, 0.1) is 11.7 Å². The molecule has 0 heterocycles. The van der Waals surface area contributed by atoms with Crippen molar-refractivity contribution in [3.8, 4) is 0 Å². The number of hydrogen-bond donors (Lipinski definition) is 2. The molecule has 4 heteroatoms. The SMILES string of the molecule is CC(C)C(N)C(=O)N[C@H](C)c1ccccc1F. The summed E-state index contributed by atoms with van der Waals surface area (Å²) in [6, 6.07) is 5.44. The maximum absolute atomic E-state index is 13.5. The van der Waals surface area contributed by atoms with Crippen LogP contribution >= 0.6 is 0 Å². The highest BCUT2D eigenvalue weighted by molar-refractivity contribution is 5.82. The lowest BCUT2D eigenvalue weighted by Gasteiger charge is -2.20. The maximum atomic E-state index is 13.5. The fourth-order valence-electron chi connectivity index (χ4n) is 1.52. The zero-order chi connectivity index (χ0) is 13.0. The first kappa shape index (κ1) is 13.6. The average molecular weight is 238 g/mol. The zero-order valence-corrected chi connectivity index (χ0v) is 10.4. The Kier molecular flexibility index (Phi) is 4.63. The summed E-state index contributed by atoms with van der Waals surface area (Å²) in [5, 5.41) is 2.71. The van der Waals surface area contributed by atoms with E-state index in [1.54, 1.807) is 25.1 Å². The minimum Gasteiger partial charge on any atom is -0.348 e. The predicted molar refractivity (Wildman–Crippen MR) is 65.8 cm³/mol. The lowest BCUT2D eigenvalue weighted by atomic mass is 10.0. The fraction of sp³-hybridized carbons (Fsp3) is 0.462. The molecule has 17 heavy (non-hydrogen) atoms. The Hall–Kier alpha value is -1.42. The number of nitrogens with two attached hydrogens (primary N) is 1. The Balaban J connectivity index is 2.70. The molecule has 2 atom stereocenters. The molecule has 1 unspecified atom stereocenters. The molecule has 0 saturated heterocycles. The molecular formula is C13H19FN2O. The second-order valence-electron chi connectivity index (χ2n) is 4.52. The summed E-state index contributed by atoms with van der Waals surface area (Å²) in [6.07, 6.45) is 0. The van der Waals surface area contributed by atoms with E-state index in [1.165, 1.54) is 6.07 Å². The van der Waals surface area contributed by atoms with Gasteiger partial charge in [-0.2, -0.15) is 0 Å². The number of carbonyl (C=O) groups is 1. The number of carbonyl (C=O) groups excluding carboxylic acids is 1. The Morgan fingerprint density at radius 1 is 1.29 bits per heavy atom. The standard InChI is InChI=1S/C13H19FN2O/c1-8(2)12(15)13(17)16-9(3)10-6-4-5-7-11(10)14/h4-9,12H,15H2,1-3H3,(H,16,17)/t9-,12?/m1/s1. The number of amides is 1. The van der Waals surface area contributed by atoms with Crippen molar-refractivity contribution < 1.29 is 9.18 Å². The van der Waals surface area contributed by atoms with Crippen LogP contribution in [-0.4, -0.2) is 11.9 Å². The topological polar surface area (TPSA) is 55.1 Å². The third-order valence-corrected chi connectivity index (χ3v) is 2.75. The van der Waals surface area contributed by atoms with E-state index >= 15 is 0 Å². The van der Waals surface area contributed by atoms with E-state index in [4.69, 9.17) is 5.73 Å². The monoisotopic (exact) mass is 238 g/mol. The van der Waals surface area contributed by atoms with Crippen molar-refractivity contribution in [2.45, 2.75) is 32.9 Å². The van der Waals surface area contributed by atoms with Crippen molar-refractivity contribution in [3.63, 3.8) is 0 Å². The van der Waals surface area contributed by atoms with E-state index in [9.17, 15) is 9.18 Å². The molecule has 1 aromatic carbocycles. The van der Waals surface area contributed by atoms with E-state index < -0.39 is 6.04 Å². The summed E-state index contributed by atoms with van der Waals surface area (Å²) in [5.41, 5.74) is 6.19. The van der Waals surface area contributed by atoms with Crippen molar-refractivity contribution >= 4 is 5.91 Å². The maximum Gasteiger partial charge on any atom is 0.237 e. The highest BCUT2D eigenvalue weighted by Crippen LogP contribution is 2.16. The van der Waals surface area contributed by atoms with Crippen LogP contribution in [0.15, 0.2) is 24.3 Å². The third-order valence-electron chi connectivity index (χ3n) is 2.75. The van der Waals surface area contributed by atoms with E-state index in [-0.39, 0.29) is 23.7 Å². The van der Waals surface area contributed by atoms with Crippen molar-refractivity contribution in [3.05, 3.63) is 35.6 Å². The van der Waals surface area contributed by atoms with Gasteiger partial charge in [0.15, 0.2) is 0 Å². The lowest BCUT2D eigenvalue weighted by molar-refractivity contribution is -0.123. The molecule has 3 N–H and O–H groups in total. The molecule has 94 valence electrons. The molecule has 1 amide bonds. The van der Waals surface area contributed by atoms with Gasteiger partial charge in [-0.25, -0.2) is 4.39 Å². The Morgan fingerprint density at radius 3 is 2.41 bits per heavy atom. The van der Waals surface area contributed by atoms with Crippen LogP contribution in [0.3, 0.4) is 0 Å². The van der Waals surface area contributed by atoms with Gasteiger partial charge in [-0.1, -0.05) is 32.0 Å². The van der Waals surface area contributed by atoms with E-state index in [0.717, 1.165) is 0 Å². The largest absolute Gasteiger partial charge is 0.348 e. The first-order valence-corrected chi connectivity index (χ1v) is 5.74. The molecule has 1 aromatic rings. The van der Waals surface area contributed by atoms with Gasteiger partial charge in [0.1, 0.15) is 5.82 Å². The number of benzene rings is 1. The first-order valence-electron chi connectivity index (χ1n) is 5.74. The summed E-state index contributed by atoms with van der Waals surface area (Å²) in [5.74, 6) is -0.517. The second-order valence-corrected chi connectivity index (χ2v) is 4.52. The normalized spacial score (nSPS) is 14.5. The molecule has 0 aliphatic carbocycles. The summed E-state index contributed by atoms with van der Waals surface area (Å²) in [6.45, 7) is 5.49. The van der Waals surface area contributed by atoms with Crippen LogP contribution in [-0.2, 0) is 4.79 Å². The highest BCUT2D eigenvalue weighted by atomic mass is 19.1. The summed E-state index contributed by atoms with van der Waals surface area (Å²) < 4.78 is 13.5. The fourth-order valence-corrected chi connectivity index (χ4v) is 1.52. The number of hydrogen-bond acceptors (Lipinski definition) is 2. The molecule has 0 aromatic heterocycles. The van der Waals surface area contributed by atoms with Crippen LogP contribution in [0.4, 0.5) is 4.39 Å². The van der Waals surface area contributed by atoms with Crippen molar-refractivity contribution in [2.24, 2.45) is 11.7 Å². The minimum atomic E-state index is -0.566. The smallest absolute Gasteiger partial charge is 0.237 e. The molecule has 0 fully saturated rings. The molecule has 3 nitrogen and oxygen atoms in total. The third kappa shape index (κ3) is 3.53. The van der Waals surface area contributed by atoms with Gasteiger partial charge in [-0.3, -0.25) is 4.79 Å². The van der Waals surface area contributed by atoms with Gasteiger partial charge in [0.2, 0.25) is 5.91 Å². The Bertz CT molecular complexity index is 393. The zero-order valence-electron chi connectivity index (χ0n) is 10.4. The van der Waals surface area contributed by atoms with Crippen LogP contribution in [0.5, 0.6) is 0 Å². The summed E-state index contributed by atoms with van der Waals surface area (Å²) in [7, 11) is 0. The quantitative estimate of drug-likeness (QED) is 0.842. The molecule has 0 bridgehead atoms. The van der Waals surface area contributed by atoms with Crippen molar-refractivity contribution in [1.82, 2.24) is 5.32 Å². The van der Waals surface area contributed by atoms with Crippen LogP contribution < -0.4 is 11.1 Å². The molecule has 1 rings (SSSR count). The molecular weight excluding hydrogens is 219 g/mol. The van der Waals surface area contributed by atoms with Gasteiger partial charge in [0.25, 0.3) is 0 Å². The number of rotatable bonds is 4. The van der Waals surface area contributed by atoms with Gasteiger partial charge in [-0.05, 0) is 18.9 Å². The first-order chi connectivity index (χ1) is 7.93. The molecule has 0 aliphatic heterocycles. The molecule has 0 aliphatic rings. The van der Waals surface area contributed by atoms with Crippen LogP contribution in [0.2, 0.25) is 0 Å². The second kappa shape index (κ2) is 5.77. The van der Waals surface area contributed by atoms with Gasteiger partial charge < -0.3 is 11.1 Å². The number of halogens is 1. The van der Waals surface area contributed by atoms with Crippen molar-refractivity contribution in [1.29, 1.82) is 0 Å². The summed E-state index contributed by atoms with van der Waals surface area (Å²) >= 11 is 0. The van der Waals surface area contributed by atoms with Gasteiger partial charge >= 0.3 is 0 Å². The highest BCUT2D eigenvalue weighted by Gasteiger charge is 2.20. The Morgan fingerprint density at radius 2 is 1.88 bits per heavy atom. The molecule has 0 saturated carbocycles. The van der Waals surface area contributed by atoms with Gasteiger partial charge in [0.05, 0.1) is 12.1 Å². The molecule has 0 spiro atoms. The van der Waals surface area contributed by atoms with E-state index in [0.29, 0.717) is 5.56 Å². The summed E-state index contributed by atoms with van der Waals surface area (Å²) in [4.78, 5) is 11.7. The predicted octanol–water partition coefficient (Wildman–Crippen LogP) is 1.99.